The summed E-state index contributed by atoms with van der Waals surface area (Å²) in [7, 11) is 0. The Morgan fingerprint density at radius 2 is 2.17 bits per heavy atom. The minimum Gasteiger partial charge on any atom is -0.0984 e. The highest BCUT2D eigenvalue weighted by atomic mass is 35.5. The van der Waals surface area contributed by atoms with Crippen LogP contribution in [0.25, 0.3) is 12.2 Å². The SMILES string of the molecule is C=Cc1c(Cl)cccc1/C=C\C. The predicted molar refractivity (Wildman–Crippen MR) is 56.3 cm³/mol. The van der Waals surface area contributed by atoms with Gasteiger partial charge in [0.05, 0.1) is 0 Å². The van der Waals surface area contributed by atoms with Crippen LogP contribution >= 0.6 is 11.6 Å². The van der Waals surface area contributed by atoms with Crippen molar-refractivity contribution in [3.63, 3.8) is 0 Å². The summed E-state index contributed by atoms with van der Waals surface area (Å²) in [6.45, 7) is 5.70. The molecule has 0 amide bonds. The van der Waals surface area contributed by atoms with Gasteiger partial charge in [-0.1, -0.05) is 48.5 Å². The van der Waals surface area contributed by atoms with Gasteiger partial charge in [-0.25, -0.2) is 0 Å². The smallest absolute Gasteiger partial charge is 0.0484 e. The summed E-state index contributed by atoms with van der Waals surface area (Å²) in [6, 6.07) is 5.82. The second kappa shape index (κ2) is 4.13. The standard InChI is InChI=1S/C11H11Cl/c1-3-6-9-7-5-8-11(12)10(9)4-2/h3-8H,2H2,1H3/b6-3-. The fraction of sp³-hybridized carbons (Fsp3) is 0.0909. The van der Waals surface area contributed by atoms with Gasteiger partial charge < -0.3 is 0 Å². The van der Waals surface area contributed by atoms with Crippen LogP contribution in [0.2, 0.25) is 5.02 Å². The molecule has 0 saturated heterocycles. The molecule has 0 heterocycles. The zero-order valence-corrected chi connectivity index (χ0v) is 7.81. The third-order valence-electron chi connectivity index (χ3n) is 1.64. The number of rotatable bonds is 2. The third-order valence-corrected chi connectivity index (χ3v) is 1.97. The molecule has 1 aromatic carbocycles. The molecule has 0 fully saturated rings. The lowest BCUT2D eigenvalue weighted by Gasteiger charge is -2.01. The molecule has 1 heteroatoms. The van der Waals surface area contributed by atoms with Gasteiger partial charge in [-0.15, -0.1) is 0 Å². The molecule has 0 aromatic heterocycles. The fourth-order valence-electron chi connectivity index (χ4n) is 1.09. The lowest BCUT2D eigenvalue weighted by Crippen LogP contribution is -1.80. The Kier molecular flexibility index (Phi) is 3.12. The van der Waals surface area contributed by atoms with Crippen LogP contribution in [0.4, 0.5) is 0 Å². The third kappa shape index (κ3) is 1.77. The summed E-state index contributed by atoms with van der Waals surface area (Å²) < 4.78 is 0. The normalized spacial score (nSPS) is 10.5. The van der Waals surface area contributed by atoms with Gasteiger partial charge in [-0.3, -0.25) is 0 Å². The Hall–Kier alpha value is -1.01. The number of allylic oxidation sites excluding steroid dienone is 1. The summed E-state index contributed by atoms with van der Waals surface area (Å²) in [4.78, 5) is 0. The second-order valence-corrected chi connectivity index (χ2v) is 2.85. The van der Waals surface area contributed by atoms with Gasteiger partial charge >= 0.3 is 0 Å². The van der Waals surface area contributed by atoms with Gasteiger partial charge in [0, 0.05) is 5.02 Å². The van der Waals surface area contributed by atoms with Crippen LogP contribution < -0.4 is 0 Å². The van der Waals surface area contributed by atoms with Gasteiger partial charge in [0.2, 0.25) is 0 Å². The summed E-state index contributed by atoms with van der Waals surface area (Å²) >= 11 is 5.96. The van der Waals surface area contributed by atoms with E-state index in [1.54, 1.807) is 6.08 Å². The van der Waals surface area contributed by atoms with E-state index in [2.05, 4.69) is 6.58 Å². The molecular weight excluding hydrogens is 168 g/mol. The van der Waals surface area contributed by atoms with Crippen LogP contribution in [0.15, 0.2) is 30.9 Å². The van der Waals surface area contributed by atoms with Crippen LogP contribution in [0.5, 0.6) is 0 Å². The Labute approximate surface area is 78.2 Å². The average molecular weight is 179 g/mol. The Bertz CT molecular complexity index is 311. The average Bonchev–Trinajstić information content (AvgIpc) is 2.05. The molecule has 0 atom stereocenters. The predicted octanol–water partition coefficient (Wildman–Crippen LogP) is 4.02. The highest BCUT2D eigenvalue weighted by Crippen LogP contribution is 2.21. The molecular formula is C11H11Cl. The highest BCUT2D eigenvalue weighted by Gasteiger charge is 1.98. The molecule has 0 aliphatic heterocycles. The largest absolute Gasteiger partial charge is 0.0984 e. The Morgan fingerprint density at radius 1 is 1.42 bits per heavy atom. The van der Waals surface area contributed by atoms with Gasteiger partial charge in [0.15, 0.2) is 0 Å². The van der Waals surface area contributed by atoms with Crippen molar-refractivity contribution in [2.24, 2.45) is 0 Å². The first-order valence-corrected chi connectivity index (χ1v) is 4.21. The zero-order chi connectivity index (χ0) is 8.97. The minimum absolute atomic E-state index is 0.751. The van der Waals surface area contributed by atoms with E-state index in [0.717, 1.165) is 16.1 Å². The molecule has 12 heavy (non-hydrogen) atoms. The molecule has 62 valence electrons. The molecule has 0 aliphatic carbocycles. The quantitative estimate of drug-likeness (QED) is 0.642. The Balaban J connectivity index is 3.27. The monoisotopic (exact) mass is 178 g/mol. The molecule has 0 bridgehead atoms. The molecule has 0 aliphatic rings. The highest BCUT2D eigenvalue weighted by molar-refractivity contribution is 6.32. The van der Waals surface area contributed by atoms with Crippen molar-refractivity contribution in [3.05, 3.63) is 47.0 Å². The molecule has 0 N–H and O–H groups in total. The summed E-state index contributed by atoms with van der Waals surface area (Å²) in [6.07, 6.45) is 5.78. The summed E-state index contributed by atoms with van der Waals surface area (Å²) in [5.41, 5.74) is 2.11. The first kappa shape index (κ1) is 9.08. The van der Waals surface area contributed by atoms with Crippen molar-refractivity contribution >= 4 is 23.8 Å². The number of hydrogen-bond donors (Lipinski definition) is 0. The van der Waals surface area contributed by atoms with Crippen molar-refractivity contribution in [2.75, 3.05) is 0 Å². The van der Waals surface area contributed by atoms with E-state index < -0.39 is 0 Å². The van der Waals surface area contributed by atoms with E-state index in [-0.39, 0.29) is 0 Å². The van der Waals surface area contributed by atoms with Crippen LogP contribution in [-0.4, -0.2) is 0 Å². The maximum Gasteiger partial charge on any atom is 0.0484 e. The topological polar surface area (TPSA) is 0 Å². The first-order valence-electron chi connectivity index (χ1n) is 3.83. The van der Waals surface area contributed by atoms with Gasteiger partial charge in [-0.05, 0) is 24.1 Å². The number of hydrogen-bond acceptors (Lipinski definition) is 0. The Morgan fingerprint density at radius 3 is 2.75 bits per heavy atom. The maximum atomic E-state index is 5.96. The summed E-state index contributed by atoms with van der Waals surface area (Å²) in [5, 5.41) is 0.751. The van der Waals surface area contributed by atoms with E-state index in [9.17, 15) is 0 Å². The van der Waals surface area contributed by atoms with Crippen molar-refractivity contribution in [1.82, 2.24) is 0 Å². The maximum absolute atomic E-state index is 5.96. The minimum atomic E-state index is 0.751. The van der Waals surface area contributed by atoms with Gasteiger partial charge in [-0.2, -0.15) is 0 Å². The zero-order valence-electron chi connectivity index (χ0n) is 7.05. The number of halogens is 1. The van der Waals surface area contributed by atoms with E-state index in [1.165, 1.54) is 0 Å². The molecule has 0 unspecified atom stereocenters. The molecule has 0 spiro atoms. The van der Waals surface area contributed by atoms with Crippen LogP contribution in [0.1, 0.15) is 18.1 Å². The lowest BCUT2D eigenvalue weighted by atomic mass is 10.1. The van der Waals surface area contributed by atoms with E-state index >= 15 is 0 Å². The summed E-state index contributed by atoms with van der Waals surface area (Å²) in [5.74, 6) is 0. The molecule has 1 rings (SSSR count). The van der Waals surface area contributed by atoms with Gasteiger partial charge in [0.1, 0.15) is 0 Å². The van der Waals surface area contributed by atoms with Crippen molar-refractivity contribution in [2.45, 2.75) is 6.92 Å². The second-order valence-electron chi connectivity index (χ2n) is 2.45. The molecule has 1 aromatic rings. The molecule has 0 radical (unpaired) electrons. The van der Waals surface area contributed by atoms with E-state index in [1.807, 2.05) is 37.3 Å². The van der Waals surface area contributed by atoms with E-state index in [0.29, 0.717) is 0 Å². The van der Waals surface area contributed by atoms with Crippen LogP contribution in [0, 0.1) is 0 Å². The number of benzene rings is 1. The van der Waals surface area contributed by atoms with E-state index in [4.69, 9.17) is 11.6 Å². The van der Waals surface area contributed by atoms with Gasteiger partial charge in [0.25, 0.3) is 0 Å². The molecule has 0 nitrogen and oxygen atoms in total. The van der Waals surface area contributed by atoms with Crippen LogP contribution in [0.3, 0.4) is 0 Å². The van der Waals surface area contributed by atoms with Crippen LogP contribution in [-0.2, 0) is 0 Å². The van der Waals surface area contributed by atoms with Crippen molar-refractivity contribution in [3.8, 4) is 0 Å². The molecule has 0 saturated carbocycles. The fourth-order valence-corrected chi connectivity index (χ4v) is 1.35. The van der Waals surface area contributed by atoms with Crippen molar-refractivity contribution in [1.29, 1.82) is 0 Å². The lowest BCUT2D eigenvalue weighted by molar-refractivity contribution is 1.60. The van der Waals surface area contributed by atoms with Crippen molar-refractivity contribution < 1.29 is 0 Å². The first-order chi connectivity index (χ1) is 5.79.